The molecule has 4 aromatic rings. The number of hydrogen-bond acceptors (Lipinski definition) is 5. The molecule has 2 aliphatic rings. The Kier molecular flexibility index (Phi) is 4.93. The lowest BCUT2D eigenvalue weighted by molar-refractivity contribution is 0.103. The van der Waals surface area contributed by atoms with Gasteiger partial charge in [0.2, 0.25) is 0 Å². The number of aromatic amines is 1. The summed E-state index contributed by atoms with van der Waals surface area (Å²) < 4.78 is 7.43. The van der Waals surface area contributed by atoms with E-state index in [-0.39, 0.29) is 11.2 Å². The predicted molar refractivity (Wildman–Crippen MR) is 139 cm³/mol. The van der Waals surface area contributed by atoms with Gasteiger partial charge in [-0.3, -0.25) is 14.5 Å². The van der Waals surface area contributed by atoms with Gasteiger partial charge in [0.1, 0.15) is 0 Å². The van der Waals surface area contributed by atoms with Crippen LogP contribution in [0.1, 0.15) is 46.6 Å². The topological polar surface area (TPSA) is 75.5 Å². The molecule has 3 heterocycles. The van der Waals surface area contributed by atoms with Crippen LogP contribution in [0.2, 0.25) is 0 Å². The zero-order valence-corrected chi connectivity index (χ0v) is 20.6. The normalized spacial score (nSPS) is 17.3. The van der Waals surface area contributed by atoms with Crippen molar-refractivity contribution in [2.75, 3.05) is 38.3 Å². The molecular weight excluding hydrogens is 438 g/mol. The summed E-state index contributed by atoms with van der Waals surface area (Å²) in [5, 5.41) is 5.36. The van der Waals surface area contributed by atoms with Crippen LogP contribution in [-0.4, -0.2) is 60.1 Å². The zero-order chi connectivity index (χ0) is 24.3. The number of anilines is 1. The summed E-state index contributed by atoms with van der Waals surface area (Å²) in [5.74, 6) is 0.0659. The summed E-state index contributed by atoms with van der Waals surface area (Å²) in [5.41, 5.74) is 8.32. The molecule has 0 amide bonds. The number of carbonyl (C=O) groups excluding carboxylic acids is 1. The molecule has 0 radical (unpaired) electrons. The third-order valence-electron chi connectivity index (χ3n) is 7.37. The summed E-state index contributed by atoms with van der Waals surface area (Å²) in [4.78, 5) is 24.2. The Morgan fingerprint density at radius 1 is 1.14 bits per heavy atom. The zero-order valence-electron chi connectivity index (χ0n) is 20.6. The molecule has 6 rings (SSSR count). The quantitative estimate of drug-likeness (QED) is 0.455. The van der Waals surface area contributed by atoms with Crippen LogP contribution in [0.25, 0.3) is 22.0 Å². The third kappa shape index (κ3) is 3.33. The van der Waals surface area contributed by atoms with Crippen LogP contribution in [0.3, 0.4) is 0 Å². The van der Waals surface area contributed by atoms with Crippen molar-refractivity contribution in [3.8, 4) is 11.1 Å². The minimum Gasteiger partial charge on any atom is -0.378 e. The molecule has 0 unspecified atom stereocenters. The van der Waals surface area contributed by atoms with E-state index in [9.17, 15) is 4.79 Å². The number of hydrogen-bond donors (Lipinski definition) is 1. The van der Waals surface area contributed by atoms with Crippen molar-refractivity contribution in [1.29, 1.82) is 0 Å². The van der Waals surface area contributed by atoms with E-state index in [1.54, 1.807) is 11.7 Å². The van der Waals surface area contributed by atoms with Crippen molar-refractivity contribution in [2.24, 2.45) is 12.0 Å². The van der Waals surface area contributed by atoms with Crippen molar-refractivity contribution >= 4 is 28.6 Å². The molecule has 0 atom stereocenters. The summed E-state index contributed by atoms with van der Waals surface area (Å²) >= 11 is 0. The lowest BCUT2D eigenvalue weighted by atomic mass is 9.70. The predicted octanol–water partition coefficient (Wildman–Crippen LogP) is 4.32. The number of morpholine rings is 1. The maximum absolute atomic E-state index is 14.1. The van der Waals surface area contributed by atoms with Gasteiger partial charge in [0.15, 0.2) is 5.78 Å². The fourth-order valence-electron chi connectivity index (χ4n) is 5.57. The molecule has 7 heteroatoms. The largest absolute Gasteiger partial charge is 0.378 e. The van der Waals surface area contributed by atoms with Gasteiger partial charge in [0.05, 0.1) is 25.0 Å². The highest BCUT2D eigenvalue weighted by Crippen LogP contribution is 2.47. The number of aliphatic imine (C=N–C) groups is 1. The van der Waals surface area contributed by atoms with E-state index in [0.717, 1.165) is 68.8 Å². The number of benzene rings is 2. The number of aryl methyl sites for hydroxylation is 1. The number of aromatic nitrogens is 3. The summed E-state index contributed by atoms with van der Waals surface area (Å²) in [6, 6.07) is 10.4. The van der Waals surface area contributed by atoms with Crippen LogP contribution in [0, 0.1) is 0 Å². The van der Waals surface area contributed by atoms with Crippen LogP contribution in [-0.2, 0) is 17.2 Å². The van der Waals surface area contributed by atoms with Crippen molar-refractivity contribution in [1.82, 2.24) is 14.8 Å². The van der Waals surface area contributed by atoms with E-state index in [4.69, 9.17) is 4.74 Å². The molecule has 1 aliphatic carbocycles. The van der Waals surface area contributed by atoms with Gasteiger partial charge in [-0.2, -0.15) is 5.10 Å². The lowest BCUT2D eigenvalue weighted by Gasteiger charge is -2.36. The maximum atomic E-state index is 14.1. The maximum Gasteiger partial charge on any atom is 0.195 e. The second kappa shape index (κ2) is 7.92. The summed E-state index contributed by atoms with van der Waals surface area (Å²) in [6.07, 6.45) is 5.71. The molecule has 35 heavy (non-hydrogen) atoms. The molecule has 0 spiro atoms. The molecule has 178 valence electrons. The molecule has 1 aliphatic heterocycles. The summed E-state index contributed by atoms with van der Waals surface area (Å²) in [7, 11) is 3.68. The molecule has 1 fully saturated rings. The Morgan fingerprint density at radius 2 is 1.94 bits per heavy atom. The van der Waals surface area contributed by atoms with Gasteiger partial charge in [0, 0.05) is 84.0 Å². The van der Waals surface area contributed by atoms with Crippen LogP contribution < -0.4 is 4.90 Å². The first-order valence-corrected chi connectivity index (χ1v) is 12.0. The number of ketones is 1. The van der Waals surface area contributed by atoms with E-state index in [2.05, 4.69) is 52.0 Å². The smallest absolute Gasteiger partial charge is 0.195 e. The molecule has 2 aromatic carbocycles. The van der Waals surface area contributed by atoms with Crippen molar-refractivity contribution in [3.63, 3.8) is 0 Å². The number of rotatable bonds is 3. The SMILES string of the molecule is CN=Cc1ccc2c3c([nH]c2c1)C(C)(C)c1cc(N2CCOCC2)c(-c2cnn(C)c2)cc1C3=O. The Morgan fingerprint density at radius 3 is 2.66 bits per heavy atom. The number of nitrogens with one attached hydrogen (secondary N) is 1. The van der Waals surface area contributed by atoms with Crippen LogP contribution in [0.15, 0.2) is 47.7 Å². The number of carbonyl (C=O) groups is 1. The first-order valence-electron chi connectivity index (χ1n) is 12.0. The Labute approximate surface area is 204 Å². The Hall–Kier alpha value is -3.71. The van der Waals surface area contributed by atoms with E-state index in [1.807, 2.05) is 37.8 Å². The van der Waals surface area contributed by atoms with E-state index < -0.39 is 0 Å². The highest BCUT2D eigenvalue weighted by Gasteiger charge is 2.40. The number of nitrogens with zero attached hydrogens (tertiary/aromatic N) is 4. The van der Waals surface area contributed by atoms with Crippen molar-refractivity contribution < 1.29 is 9.53 Å². The number of H-pyrrole nitrogens is 1. The third-order valence-corrected chi connectivity index (χ3v) is 7.37. The van der Waals surface area contributed by atoms with Gasteiger partial charge in [-0.25, -0.2) is 0 Å². The lowest BCUT2D eigenvalue weighted by Crippen LogP contribution is -2.37. The second-order valence-electron chi connectivity index (χ2n) is 9.94. The van der Waals surface area contributed by atoms with Gasteiger partial charge in [-0.15, -0.1) is 0 Å². The van der Waals surface area contributed by atoms with Crippen molar-refractivity contribution in [3.05, 3.63) is 70.7 Å². The van der Waals surface area contributed by atoms with Gasteiger partial charge < -0.3 is 14.6 Å². The second-order valence-corrected chi connectivity index (χ2v) is 9.94. The summed E-state index contributed by atoms with van der Waals surface area (Å²) in [6.45, 7) is 7.43. The first kappa shape index (κ1) is 21.8. The number of ether oxygens (including phenoxy) is 1. The average molecular weight is 468 g/mol. The minimum atomic E-state index is -0.370. The van der Waals surface area contributed by atoms with Gasteiger partial charge >= 0.3 is 0 Å². The van der Waals surface area contributed by atoms with E-state index in [0.29, 0.717) is 13.2 Å². The van der Waals surface area contributed by atoms with E-state index in [1.165, 1.54) is 0 Å². The first-order chi connectivity index (χ1) is 16.9. The van der Waals surface area contributed by atoms with E-state index >= 15 is 0 Å². The molecular formula is C28H29N5O2. The fourth-order valence-corrected chi connectivity index (χ4v) is 5.57. The van der Waals surface area contributed by atoms with Gasteiger partial charge in [0.25, 0.3) is 0 Å². The average Bonchev–Trinajstić information content (AvgIpc) is 3.47. The monoisotopic (exact) mass is 467 g/mol. The Balaban J connectivity index is 1.59. The molecule has 1 saturated heterocycles. The molecule has 0 saturated carbocycles. The fraction of sp³-hybridized carbons (Fsp3) is 0.321. The van der Waals surface area contributed by atoms with Crippen molar-refractivity contribution in [2.45, 2.75) is 19.3 Å². The van der Waals surface area contributed by atoms with Gasteiger partial charge in [-0.1, -0.05) is 26.0 Å². The standard InChI is InChI=1S/C28H29N5O2/c1-28(2)22-13-24(33-7-9-35-10-8-33)20(18-15-30-32(4)16-18)12-21(22)26(34)25-19-6-5-17(14-29-3)11-23(19)31-27(25)28/h5-6,11-16,31H,7-10H2,1-4H3. The minimum absolute atomic E-state index is 0.0659. The molecule has 7 nitrogen and oxygen atoms in total. The molecule has 0 bridgehead atoms. The van der Waals surface area contributed by atoms with Gasteiger partial charge in [-0.05, 0) is 29.3 Å². The number of fused-ring (bicyclic) bond motifs is 4. The van der Waals surface area contributed by atoms with Crippen LogP contribution in [0.5, 0.6) is 0 Å². The molecule has 1 N–H and O–H groups in total. The highest BCUT2D eigenvalue weighted by molar-refractivity contribution is 6.21. The highest BCUT2D eigenvalue weighted by atomic mass is 16.5. The Bertz CT molecular complexity index is 1500. The van der Waals surface area contributed by atoms with Crippen LogP contribution in [0.4, 0.5) is 5.69 Å². The molecule has 2 aromatic heterocycles. The van der Waals surface area contributed by atoms with Crippen LogP contribution >= 0.6 is 0 Å².